The summed E-state index contributed by atoms with van der Waals surface area (Å²) in [6, 6.07) is 10.8. The van der Waals surface area contributed by atoms with Crippen molar-refractivity contribution in [1.29, 1.82) is 0 Å². The van der Waals surface area contributed by atoms with Gasteiger partial charge in [-0.1, -0.05) is 30.3 Å². The number of likely N-dealkylation sites (tertiary alicyclic amines) is 1. The second kappa shape index (κ2) is 6.01. The van der Waals surface area contributed by atoms with Crippen LogP contribution in [0.4, 0.5) is 0 Å². The summed E-state index contributed by atoms with van der Waals surface area (Å²) >= 11 is 0. The van der Waals surface area contributed by atoms with Gasteiger partial charge in [0, 0.05) is 51.9 Å². The highest BCUT2D eigenvalue weighted by molar-refractivity contribution is 5.15. The fourth-order valence-corrected chi connectivity index (χ4v) is 3.19. The Labute approximate surface area is 115 Å². The van der Waals surface area contributed by atoms with Gasteiger partial charge in [0.15, 0.2) is 0 Å². The van der Waals surface area contributed by atoms with Gasteiger partial charge < -0.3 is 10.4 Å². The molecule has 4 heteroatoms. The van der Waals surface area contributed by atoms with E-state index in [4.69, 9.17) is 0 Å². The monoisotopic (exact) mass is 261 g/mol. The van der Waals surface area contributed by atoms with Crippen molar-refractivity contribution in [1.82, 2.24) is 15.1 Å². The van der Waals surface area contributed by atoms with Crippen LogP contribution in [0.15, 0.2) is 30.3 Å². The molecular formula is C15H23N3O. The van der Waals surface area contributed by atoms with E-state index in [1.54, 1.807) is 0 Å². The number of β-amino-alcohol motifs (C(OH)–C–C–N with tert-alkyl or cyclic N) is 1. The van der Waals surface area contributed by atoms with Crippen molar-refractivity contribution < 1.29 is 5.11 Å². The first-order valence-corrected chi connectivity index (χ1v) is 7.22. The topological polar surface area (TPSA) is 38.7 Å². The van der Waals surface area contributed by atoms with Crippen LogP contribution in [0, 0.1) is 0 Å². The highest BCUT2D eigenvalue weighted by Gasteiger charge is 2.35. The molecule has 0 spiro atoms. The quantitative estimate of drug-likeness (QED) is 0.812. The van der Waals surface area contributed by atoms with E-state index >= 15 is 0 Å². The summed E-state index contributed by atoms with van der Waals surface area (Å²) in [5.41, 5.74) is 1.33. The zero-order chi connectivity index (χ0) is 13.1. The molecule has 2 fully saturated rings. The molecule has 2 aliphatic rings. The summed E-state index contributed by atoms with van der Waals surface area (Å²) < 4.78 is 0. The molecule has 19 heavy (non-hydrogen) atoms. The maximum Gasteiger partial charge on any atom is 0.0834 e. The van der Waals surface area contributed by atoms with Crippen LogP contribution < -0.4 is 5.32 Å². The maximum absolute atomic E-state index is 10.3. The molecule has 0 aromatic heterocycles. The molecule has 2 atom stereocenters. The van der Waals surface area contributed by atoms with Crippen molar-refractivity contribution in [3.05, 3.63) is 35.9 Å². The summed E-state index contributed by atoms with van der Waals surface area (Å²) in [5.74, 6) is 0. The van der Waals surface area contributed by atoms with Gasteiger partial charge in [0.2, 0.25) is 0 Å². The van der Waals surface area contributed by atoms with Gasteiger partial charge in [-0.15, -0.1) is 0 Å². The van der Waals surface area contributed by atoms with Crippen LogP contribution in [-0.4, -0.2) is 66.3 Å². The summed E-state index contributed by atoms with van der Waals surface area (Å²) in [7, 11) is 0. The molecule has 0 radical (unpaired) electrons. The number of hydrogen-bond donors (Lipinski definition) is 2. The first-order valence-electron chi connectivity index (χ1n) is 7.22. The summed E-state index contributed by atoms with van der Waals surface area (Å²) in [4.78, 5) is 4.80. The number of aliphatic hydroxyl groups is 1. The van der Waals surface area contributed by atoms with Crippen LogP contribution in [0.3, 0.4) is 0 Å². The minimum absolute atomic E-state index is 0.207. The van der Waals surface area contributed by atoms with Gasteiger partial charge in [-0.25, -0.2) is 0 Å². The molecule has 0 saturated carbocycles. The van der Waals surface area contributed by atoms with E-state index in [0.29, 0.717) is 6.04 Å². The summed E-state index contributed by atoms with van der Waals surface area (Å²) in [5, 5.41) is 13.7. The molecule has 0 bridgehead atoms. The number of rotatable bonds is 3. The van der Waals surface area contributed by atoms with E-state index in [0.717, 1.165) is 45.8 Å². The average Bonchev–Trinajstić information content (AvgIpc) is 2.82. The Hall–Kier alpha value is -0.940. The predicted molar refractivity (Wildman–Crippen MR) is 76.0 cm³/mol. The van der Waals surface area contributed by atoms with Crippen molar-refractivity contribution in [2.24, 2.45) is 0 Å². The fraction of sp³-hybridized carbons (Fsp3) is 0.600. The third-order valence-corrected chi connectivity index (χ3v) is 4.20. The van der Waals surface area contributed by atoms with E-state index in [-0.39, 0.29) is 6.10 Å². The van der Waals surface area contributed by atoms with Crippen molar-refractivity contribution >= 4 is 0 Å². The van der Waals surface area contributed by atoms with Crippen LogP contribution in [-0.2, 0) is 6.54 Å². The van der Waals surface area contributed by atoms with Gasteiger partial charge in [-0.2, -0.15) is 0 Å². The predicted octanol–water partition coefficient (Wildman–Crippen LogP) is 0.137. The van der Waals surface area contributed by atoms with Crippen molar-refractivity contribution in [2.75, 3.05) is 39.3 Å². The molecule has 2 N–H and O–H groups in total. The number of benzene rings is 1. The molecule has 2 saturated heterocycles. The highest BCUT2D eigenvalue weighted by Crippen LogP contribution is 2.19. The Morgan fingerprint density at radius 1 is 1.11 bits per heavy atom. The second-order valence-corrected chi connectivity index (χ2v) is 5.60. The molecular weight excluding hydrogens is 238 g/mol. The average molecular weight is 261 g/mol. The molecule has 1 aromatic carbocycles. The van der Waals surface area contributed by atoms with Crippen LogP contribution >= 0.6 is 0 Å². The highest BCUT2D eigenvalue weighted by atomic mass is 16.3. The van der Waals surface area contributed by atoms with Crippen molar-refractivity contribution in [3.8, 4) is 0 Å². The minimum atomic E-state index is -0.207. The first kappa shape index (κ1) is 13.1. The largest absolute Gasteiger partial charge is 0.390 e. The molecule has 4 nitrogen and oxygen atoms in total. The Morgan fingerprint density at radius 2 is 1.84 bits per heavy atom. The molecule has 3 rings (SSSR count). The molecule has 1 aromatic rings. The van der Waals surface area contributed by atoms with Crippen molar-refractivity contribution in [2.45, 2.75) is 18.7 Å². The summed E-state index contributed by atoms with van der Waals surface area (Å²) in [6.45, 7) is 6.92. The van der Waals surface area contributed by atoms with Crippen LogP contribution in [0.25, 0.3) is 0 Å². The zero-order valence-electron chi connectivity index (χ0n) is 11.3. The number of piperazine rings is 1. The van der Waals surface area contributed by atoms with E-state index in [9.17, 15) is 5.11 Å². The number of nitrogens with one attached hydrogen (secondary N) is 1. The molecule has 0 amide bonds. The van der Waals surface area contributed by atoms with Crippen LogP contribution in [0.5, 0.6) is 0 Å². The van der Waals surface area contributed by atoms with Gasteiger partial charge in [0.1, 0.15) is 0 Å². The third kappa shape index (κ3) is 3.15. The molecule has 0 aliphatic carbocycles. The Bertz CT molecular complexity index is 392. The Morgan fingerprint density at radius 3 is 2.58 bits per heavy atom. The third-order valence-electron chi connectivity index (χ3n) is 4.20. The lowest BCUT2D eigenvalue weighted by molar-refractivity contribution is 0.0749. The fourth-order valence-electron chi connectivity index (χ4n) is 3.19. The van der Waals surface area contributed by atoms with Gasteiger partial charge in [-0.3, -0.25) is 9.80 Å². The van der Waals surface area contributed by atoms with Gasteiger partial charge in [0.25, 0.3) is 0 Å². The van der Waals surface area contributed by atoms with Gasteiger partial charge in [-0.05, 0) is 5.56 Å². The molecule has 0 unspecified atom stereocenters. The number of hydrogen-bond acceptors (Lipinski definition) is 4. The van der Waals surface area contributed by atoms with Gasteiger partial charge >= 0.3 is 0 Å². The van der Waals surface area contributed by atoms with E-state index in [1.807, 2.05) is 6.07 Å². The van der Waals surface area contributed by atoms with Gasteiger partial charge in [0.05, 0.1) is 6.10 Å². The second-order valence-electron chi connectivity index (χ2n) is 5.60. The van der Waals surface area contributed by atoms with Crippen molar-refractivity contribution in [3.63, 3.8) is 0 Å². The lowest BCUT2D eigenvalue weighted by atomic mass is 10.1. The lowest BCUT2D eigenvalue weighted by Gasteiger charge is -2.34. The minimum Gasteiger partial charge on any atom is -0.390 e. The maximum atomic E-state index is 10.3. The Kier molecular flexibility index (Phi) is 4.13. The number of nitrogens with zero attached hydrogens (tertiary/aromatic N) is 2. The molecule has 104 valence electrons. The smallest absolute Gasteiger partial charge is 0.0834 e. The number of aliphatic hydroxyl groups excluding tert-OH is 1. The normalized spacial score (nSPS) is 29.7. The standard InChI is InChI=1S/C15H23N3O/c19-15-12-17(10-13-4-2-1-3-5-13)11-14(15)18-8-6-16-7-9-18/h1-5,14-16,19H,6-12H2/t14-,15-/m1/s1. The first-order chi connectivity index (χ1) is 9.33. The van der Waals surface area contributed by atoms with E-state index in [1.165, 1.54) is 5.56 Å². The summed E-state index contributed by atoms with van der Waals surface area (Å²) in [6.07, 6.45) is -0.207. The molecule has 2 aliphatic heterocycles. The van der Waals surface area contributed by atoms with Crippen LogP contribution in [0.2, 0.25) is 0 Å². The van der Waals surface area contributed by atoms with E-state index in [2.05, 4.69) is 39.4 Å². The lowest BCUT2D eigenvalue weighted by Crippen LogP contribution is -2.52. The SMILES string of the molecule is O[C@@H]1CN(Cc2ccccc2)C[C@H]1N1CCNCC1. The van der Waals surface area contributed by atoms with E-state index < -0.39 is 0 Å². The Balaban J connectivity index is 1.58. The molecule has 2 heterocycles. The zero-order valence-corrected chi connectivity index (χ0v) is 11.3. The van der Waals surface area contributed by atoms with Crippen LogP contribution in [0.1, 0.15) is 5.56 Å².